The number of rotatable bonds is 3. The summed E-state index contributed by atoms with van der Waals surface area (Å²) < 4.78 is 18.9. The smallest absolute Gasteiger partial charge is 0.141 e. The molecule has 3 nitrogen and oxygen atoms in total. The SMILES string of the molecule is CC(C)(C)Oc1cc(OC(C)(C)C)c(Br)c(OC(C)(C)C)c1. The fraction of sp³-hybridized carbons (Fsp3) is 0.667. The molecule has 0 bridgehead atoms. The molecule has 0 aromatic heterocycles. The summed E-state index contributed by atoms with van der Waals surface area (Å²) in [6, 6.07) is 3.80. The Morgan fingerprint density at radius 2 is 0.955 bits per heavy atom. The molecular formula is C18H29BrO3. The number of benzene rings is 1. The van der Waals surface area contributed by atoms with Gasteiger partial charge in [-0.3, -0.25) is 0 Å². The zero-order valence-electron chi connectivity index (χ0n) is 15.3. The van der Waals surface area contributed by atoms with E-state index in [1.807, 2.05) is 74.4 Å². The van der Waals surface area contributed by atoms with Crippen molar-refractivity contribution in [3.8, 4) is 17.2 Å². The van der Waals surface area contributed by atoms with Crippen LogP contribution in [0.4, 0.5) is 0 Å². The van der Waals surface area contributed by atoms with Crippen LogP contribution in [0.25, 0.3) is 0 Å². The molecule has 126 valence electrons. The van der Waals surface area contributed by atoms with Crippen molar-refractivity contribution in [2.75, 3.05) is 0 Å². The van der Waals surface area contributed by atoms with E-state index in [9.17, 15) is 0 Å². The molecule has 0 spiro atoms. The Bertz CT molecular complexity index is 480. The Labute approximate surface area is 143 Å². The lowest BCUT2D eigenvalue weighted by Gasteiger charge is -2.28. The van der Waals surface area contributed by atoms with Crippen molar-refractivity contribution in [3.05, 3.63) is 16.6 Å². The maximum Gasteiger partial charge on any atom is 0.141 e. The van der Waals surface area contributed by atoms with Crippen LogP contribution in [0.5, 0.6) is 17.2 Å². The van der Waals surface area contributed by atoms with Crippen LogP contribution in [0.2, 0.25) is 0 Å². The largest absolute Gasteiger partial charge is 0.488 e. The first-order valence-electron chi connectivity index (χ1n) is 7.57. The van der Waals surface area contributed by atoms with Gasteiger partial charge in [-0.15, -0.1) is 0 Å². The van der Waals surface area contributed by atoms with E-state index in [1.165, 1.54) is 0 Å². The average Bonchev–Trinajstić information content (AvgIpc) is 2.18. The minimum absolute atomic E-state index is 0.286. The predicted octanol–water partition coefficient (Wildman–Crippen LogP) is 5.98. The van der Waals surface area contributed by atoms with Crippen LogP contribution in [-0.4, -0.2) is 16.8 Å². The van der Waals surface area contributed by atoms with Crippen molar-refractivity contribution in [2.24, 2.45) is 0 Å². The van der Waals surface area contributed by atoms with Gasteiger partial charge in [0.25, 0.3) is 0 Å². The number of ether oxygens (including phenoxy) is 3. The Hall–Kier alpha value is -0.900. The molecule has 0 aliphatic heterocycles. The first-order chi connectivity index (χ1) is 9.66. The monoisotopic (exact) mass is 372 g/mol. The molecule has 0 unspecified atom stereocenters. The van der Waals surface area contributed by atoms with Crippen molar-refractivity contribution < 1.29 is 14.2 Å². The number of hydrogen-bond donors (Lipinski definition) is 0. The van der Waals surface area contributed by atoms with Gasteiger partial charge in [-0.05, 0) is 78.2 Å². The maximum absolute atomic E-state index is 6.04. The summed E-state index contributed by atoms with van der Waals surface area (Å²) in [4.78, 5) is 0. The lowest BCUT2D eigenvalue weighted by atomic mass is 10.1. The fourth-order valence-electron chi connectivity index (χ4n) is 1.77. The molecule has 1 aromatic rings. The summed E-state index contributed by atoms with van der Waals surface area (Å²) in [5, 5.41) is 0. The molecule has 22 heavy (non-hydrogen) atoms. The van der Waals surface area contributed by atoms with Gasteiger partial charge in [-0.25, -0.2) is 0 Å². The Balaban J connectivity index is 3.30. The number of halogens is 1. The summed E-state index contributed by atoms with van der Waals surface area (Å²) in [6.07, 6.45) is 0. The van der Waals surface area contributed by atoms with Crippen molar-refractivity contribution in [1.29, 1.82) is 0 Å². The van der Waals surface area contributed by atoms with E-state index in [-0.39, 0.29) is 16.8 Å². The normalized spacial score (nSPS) is 13.0. The zero-order chi connectivity index (χ0) is 17.3. The van der Waals surface area contributed by atoms with Crippen molar-refractivity contribution in [2.45, 2.75) is 79.1 Å². The summed E-state index contributed by atoms with van der Waals surface area (Å²) in [5.74, 6) is 2.16. The Morgan fingerprint density at radius 1 is 0.636 bits per heavy atom. The highest BCUT2D eigenvalue weighted by Gasteiger charge is 2.23. The standard InChI is InChI=1S/C18H29BrO3/c1-16(2,3)20-12-10-13(21-17(4,5)6)15(19)14(11-12)22-18(7,8)9/h10-11H,1-9H3. The van der Waals surface area contributed by atoms with Gasteiger partial charge in [0, 0.05) is 12.1 Å². The fourth-order valence-corrected chi connectivity index (χ4v) is 2.16. The van der Waals surface area contributed by atoms with E-state index in [0.29, 0.717) is 11.5 Å². The first-order valence-corrected chi connectivity index (χ1v) is 8.36. The van der Waals surface area contributed by atoms with Gasteiger partial charge in [-0.1, -0.05) is 0 Å². The van der Waals surface area contributed by atoms with Crippen molar-refractivity contribution >= 4 is 15.9 Å². The van der Waals surface area contributed by atoms with Gasteiger partial charge >= 0.3 is 0 Å². The van der Waals surface area contributed by atoms with E-state index in [1.54, 1.807) is 0 Å². The minimum Gasteiger partial charge on any atom is -0.488 e. The molecular weight excluding hydrogens is 344 g/mol. The summed E-state index contributed by atoms with van der Waals surface area (Å²) in [6.45, 7) is 18.1. The second-order valence-corrected chi connectivity index (χ2v) is 9.17. The van der Waals surface area contributed by atoms with E-state index in [2.05, 4.69) is 15.9 Å². The van der Waals surface area contributed by atoms with Gasteiger partial charge in [0.1, 0.15) is 38.5 Å². The van der Waals surface area contributed by atoms with E-state index in [0.717, 1.165) is 10.2 Å². The predicted molar refractivity (Wildman–Crippen MR) is 95.3 cm³/mol. The molecule has 0 saturated heterocycles. The summed E-state index contributed by atoms with van der Waals surface area (Å²) >= 11 is 3.59. The van der Waals surface area contributed by atoms with Gasteiger partial charge in [-0.2, -0.15) is 0 Å². The summed E-state index contributed by atoms with van der Waals surface area (Å²) in [7, 11) is 0. The van der Waals surface area contributed by atoms with Crippen LogP contribution in [0.3, 0.4) is 0 Å². The topological polar surface area (TPSA) is 27.7 Å². The van der Waals surface area contributed by atoms with E-state index < -0.39 is 0 Å². The van der Waals surface area contributed by atoms with E-state index in [4.69, 9.17) is 14.2 Å². The zero-order valence-corrected chi connectivity index (χ0v) is 16.8. The quantitative estimate of drug-likeness (QED) is 0.652. The third kappa shape index (κ3) is 6.91. The van der Waals surface area contributed by atoms with Crippen molar-refractivity contribution in [1.82, 2.24) is 0 Å². The van der Waals surface area contributed by atoms with Gasteiger partial charge in [0.05, 0.1) is 0 Å². The molecule has 0 aliphatic rings. The van der Waals surface area contributed by atoms with Crippen molar-refractivity contribution in [3.63, 3.8) is 0 Å². The van der Waals surface area contributed by atoms with Gasteiger partial charge in [0.2, 0.25) is 0 Å². The molecule has 1 aromatic carbocycles. The molecule has 0 radical (unpaired) electrons. The lowest BCUT2D eigenvalue weighted by Crippen LogP contribution is -2.26. The molecule has 0 fully saturated rings. The highest BCUT2D eigenvalue weighted by molar-refractivity contribution is 9.10. The highest BCUT2D eigenvalue weighted by Crippen LogP contribution is 2.42. The third-order valence-electron chi connectivity index (χ3n) is 2.24. The van der Waals surface area contributed by atoms with Gasteiger partial charge < -0.3 is 14.2 Å². The highest BCUT2D eigenvalue weighted by atomic mass is 79.9. The lowest BCUT2D eigenvalue weighted by molar-refractivity contribution is 0.110. The third-order valence-corrected chi connectivity index (χ3v) is 3.02. The van der Waals surface area contributed by atoms with Crippen LogP contribution < -0.4 is 14.2 Å². The molecule has 0 amide bonds. The van der Waals surface area contributed by atoms with Crippen LogP contribution in [0.15, 0.2) is 16.6 Å². The molecule has 0 saturated carbocycles. The van der Waals surface area contributed by atoms with Crippen LogP contribution >= 0.6 is 15.9 Å². The van der Waals surface area contributed by atoms with E-state index >= 15 is 0 Å². The van der Waals surface area contributed by atoms with Gasteiger partial charge in [0.15, 0.2) is 0 Å². The maximum atomic E-state index is 6.04. The second kappa shape index (κ2) is 6.31. The first kappa shape index (κ1) is 19.1. The van der Waals surface area contributed by atoms with Crippen LogP contribution in [0, 0.1) is 0 Å². The van der Waals surface area contributed by atoms with Crippen LogP contribution in [-0.2, 0) is 0 Å². The summed E-state index contributed by atoms with van der Waals surface area (Å²) in [5.41, 5.74) is -0.893. The molecule has 0 N–H and O–H groups in total. The molecule has 1 rings (SSSR count). The Morgan fingerprint density at radius 3 is 1.23 bits per heavy atom. The average molecular weight is 373 g/mol. The number of hydrogen-bond acceptors (Lipinski definition) is 3. The Kier molecular flexibility index (Phi) is 5.49. The van der Waals surface area contributed by atoms with Crippen LogP contribution in [0.1, 0.15) is 62.3 Å². The molecule has 4 heteroatoms. The molecule has 0 atom stereocenters. The molecule has 0 heterocycles. The second-order valence-electron chi connectivity index (χ2n) is 8.38. The molecule has 0 aliphatic carbocycles. The minimum atomic E-state index is -0.304.